The zero-order valence-electron chi connectivity index (χ0n) is 15.8. The van der Waals surface area contributed by atoms with Crippen LogP contribution < -0.4 is 5.56 Å². The summed E-state index contributed by atoms with van der Waals surface area (Å²) in [5.74, 6) is 2.21. The van der Waals surface area contributed by atoms with Crippen LogP contribution in [0.2, 0.25) is 0 Å². The third kappa shape index (κ3) is 4.57. The van der Waals surface area contributed by atoms with Gasteiger partial charge in [-0.25, -0.2) is 0 Å². The Balaban J connectivity index is 1.30. The fraction of sp³-hybridized carbons (Fsp3) is 0.391. The van der Waals surface area contributed by atoms with Crippen LogP contribution in [0.5, 0.6) is 0 Å². The normalized spacial score (nSPS) is 19.9. The first kappa shape index (κ1) is 17.8. The molecule has 0 bridgehead atoms. The van der Waals surface area contributed by atoms with Crippen molar-refractivity contribution in [1.82, 2.24) is 10.1 Å². The van der Waals surface area contributed by atoms with Gasteiger partial charge in [-0.05, 0) is 68.9 Å². The predicted molar refractivity (Wildman–Crippen MR) is 107 cm³/mol. The smallest absolute Gasteiger partial charge is 0.247 e. The lowest BCUT2D eigenvalue weighted by Crippen LogP contribution is -2.18. The van der Waals surface area contributed by atoms with E-state index < -0.39 is 0 Å². The van der Waals surface area contributed by atoms with Crippen LogP contribution in [0.4, 0.5) is 0 Å². The molecule has 1 N–H and O–H groups in total. The lowest BCUT2D eigenvalue weighted by atomic mass is 9.77. The molecule has 0 atom stereocenters. The Labute approximate surface area is 159 Å². The lowest BCUT2D eigenvalue weighted by Gasteiger charge is -2.28. The summed E-state index contributed by atoms with van der Waals surface area (Å²) < 4.78 is 5.47. The number of benzene rings is 1. The number of nitrogens with zero attached hydrogens (tertiary/aromatic N) is 1. The van der Waals surface area contributed by atoms with E-state index in [9.17, 15) is 4.79 Å². The molecular weight excluding hydrogens is 336 g/mol. The first-order chi connectivity index (χ1) is 13.2. The Kier molecular flexibility index (Phi) is 5.23. The molecule has 2 heterocycles. The number of hydrogen-bond donors (Lipinski definition) is 1. The summed E-state index contributed by atoms with van der Waals surface area (Å²) >= 11 is 0. The molecule has 0 spiro atoms. The SMILES string of the molecule is Cc1ccc(CC2CCC(Cc3cc(-c4ccc(=O)[nH]c4)on3)CC2)cc1. The van der Waals surface area contributed by atoms with E-state index in [-0.39, 0.29) is 5.56 Å². The van der Waals surface area contributed by atoms with E-state index in [0.29, 0.717) is 11.7 Å². The van der Waals surface area contributed by atoms with Gasteiger partial charge in [0.2, 0.25) is 5.56 Å². The van der Waals surface area contributed by atoms with Gasteiger partial charge in [0.25, 0.3) is 0 Å². The molecule has 1 aliphatic rings. The average Bonchev–Trinajstić information content (AvgIpc) is 3.14. The quantitative estimate of drug-likeness (QED) is 0.700. The zero-order valence-corrected chi connectivity index (χ0v) is 15.8. The van der Waals surface area contributed by atoms with Gasteiger partial charge in [0, 0.05) is 23.9 Å². The molecule has 1 aromatic carbocycles. The van der Waals surface area contributed by atoms with Crippen molar-refractivity contribution in [3.05, 3.63) is 75.8 Å². The highest BCUT2D eigenvalue weighted by Gasteiger charge is 2.22. The van der Waals surface area contributed by atoms with Crippen LogP contribution >= 0.6 is 0 Å². The van der Waals surface area contributed by atoms with Gasteiger partial charge in [0.05, 0.1) is 5.69 Å². The van der Waals surface area contributed by atoms with Crippen molar-refractivity contribution in [3.63, 3.8) is 0 Å². The second-order valence-electron chi connectivity index (χ2n) is 7.90. The van der Waals surface area contributed by atoms with Crippen LogP contribution in [0.25, 0.3) is 11.3 Å². The molecule has 140 valence electrons. The minimum atomic E-state index is -0.110. The lowest BCUT2D eigenvalue weighted by molar-refractivity contribution is 0.268. The maximum Gasteiger partial charge on any atom is 0.247 e. The number of aromatic amines is 1. The summed E-state index contributed by atoms with van der Waals surface area (Å²) in [5, 5.41) is 4.24. The third-order valence-corrected chi connectivity index (χ3v) is 5.74. The van der Waals surface area contributed by atoms with Gasteiger partial charge in [-0.1, -0.05) is 35.0 Å². The molecular formula is C23H26N2O2. The van der Waals surface area contributed by atoms with Gasteiger partial charge in [-0.3, -0.25) is 4.79 Å². The Morgan fingerprint density at radius 1 is 1.00 bits per heavy atom. The number of H-pyrrole nitrogens is 1. The fourth-order valence-corrected chi connectivity index (χ4v) is 4.10. The number of pyridine rings is 1. The van der Waals surface area contributed by atoms with Gasteiger partial charge in [0.15, 0.2) is 5.76 Å². The number of nitrogens with one attached hydrogen (secondary N) is 1. The second-order valence-corrected chi connectivity index (χ2v) is 7.90. The van der Waals surface area contributed by atoms with E-state index in [1.807, 2.05) is 6.07 Å². The largest absolute Gasteiger partial charge is 0.356 e. The molecule has 1 saturated carbocycles. The molecule has 1 fully saturated rings. The number of aryl methyl sites for hydroxylation is 1. The minimum Gasteiger partial charge on any atom is -0.356 e. The van der Waals surface area contributed by atoms with Gasteiger partial charge in [-0.2, -0.15) is 0 Å². The summed E-state index contributed by atoms with van der Waals surface area (Å²) in [6, 6.07) is 14.2. The van der Waals surface area contributed by atoms with Crippen LogP contribution in [0.3, 0.4) is 0 Å². The van der Waals surface area contributed by atoms with Crippen LogP contribution in [-0.4, -0.2) is 10.1 Å². The van der Waals surface area contributed by atoms with Crippen LogP contribution in [0.15, 0.2) is 58.0 Å². The molecule has 0 saturated heterocycles. The number of aromatic nitrogens is 2. The molecule has 1 aliphatic carbocycles. The van der Waals surface area contributed by atoms with E-state index in [4.69, 9.17) is 4.52 Å². The molecule has 0 unspecified atom stereocenters. The molecule has 2 aromatic heterocycles. The van der Waals surface area contributed by atoms with E-state index in [1.165, 1.54) is 49.3 Å². The number of hydrogen-bond acceptors (Lipinski definition) is 3. The van der Waals surface area contributed by atoms with Crippen molar-refractivity contribution in [2.24, 2.45) is 11.8 Å². The predicted octanol–water partition coefficient (Wildman–Crippen LogP) is 4.93. The highest BCUT2D eigenvalue weighted by molar-refractivity contribution is 5.55. The summed E-state index contributed by atoms with van der Waals surface area (Å²) in [4.78, 5) is 13.8. The zero-order chi connectivity index (χ0) is 18.6. The molecule has 0 amide bonds. The van der Waals surface area contributed by atoms with Crippen molar-refractivity contribution in [2.45, 2.75) is 45.4 Å². The van der Waals surface area contributed by atoms with Gasteiger partial charge in [0.1, 0.15) is 0 Å². The van der Waals surface area contributed by atoms with E-state index in [2.05, 4.69) is 41.3 Å². The molecule has 4 heteroatoms. The highest BCUT2D eigenvalue weighted by Crippen LogP contribution is 2.33. The first-order valence-electron chi connectivity index (χ1n) is 9.86. The summed E-state index contributed by atoms with van der Waals surface area (Å²) in [7, 11) is 0. The molecule has 4 nitrogen and oxygen atoms in total. The van der Waals surface area contributed by atoms with Gasteiger partial charge >= 0.3 is 0 Å². The summed E-state index contributed by atoms with van der Waals surface area (Å²) in [6.07, 6.45) is 8.96. The standard InChI is InChI=1S/C23H26N2O2/c1-16-2-4-17(5-3-16)12-18-6-8-19(9-7-18)13-21-14-22(27-25-21)20-10-11-23(26)24-15-20/h2-5,10-11,14-15,18-19H,6-9,12-13H2,1H3,(H,24,26). The first-order valence-corrected chi connectivity index (χ1v) is 9.86. The van der Waals surface area contributed by atoms with Crippen LogP contribution in [0, 0.1) is 18.8 Å². The molecule has 27 heavy (non-hydrogen) atoms. The van der Waals surface area contributed by atoms with Crippen molar-refractivity contribution in [1.29, 1.82) is 0 Å². The average molecular weight is 362 g/mol. The topological polar surface area (TPSA) is 58.9 Å². The molecule has 0 aliphatic heterocycles. The summed E-state index contributed by atoms with van der Waals surface area (Å²) in [6.45, 7) is 2.14. The minimum absolute atomic E-state index is 0.110. The van der Waals surface area contributed by atoms with Crippen molar-refractivity contribution in [3.8, 4) is 11.3 Å². The van der Waals surface area contributed by atoms with Gasteiger partial charge < -0.3 is 9.51 Å². The number of rotatable bonds is 5. The van der Waals surface area contributed by atoms with E-state index >= 15 is 0 Å². The molecule has 3 aromatic rings. The van der Waals surface area contributed by atoms with E-state index in [0.717, 1.165) is 23.6 Å². The van der Waals surface area contributed by atoms with Crippen LogP contribution in [-0.2, 0) is 12.8 Å². The van der Waals surface area contributed by atoms with Crippen LogP contribution in [0.1, 0.15) is 42.5 Å². The Hall–Kier alpha value is -2.62. The maximum absolute atomic E-state index is 11.2. The van der Waals surface area contributed by atoms with Crippen molar-refractivity contribution >= 4 is 0 Å². The fourth-order valence-electron chi connectivity index (χ4n) is 4.10. The molecule has 0 radical (unpaired) electrons. The van der Waals surface area contributed by atoms with E-state index in [1.54, 1.807) is 12.3 Å². The Morgan fingerprint density at radius 2 is 1.70 bits per heavy atom. The molecule has 4 rings (SSSR count). The Morgan fingerprint density at radius 3 is 2.37 bits per heavy atom. The second kappa shape index (κ2) is 7.95. The Bertz CT molecular complexity index is 911. The monoisotopic (exact) mass is 362 g/mol. The third-order valence-electron chi connectivity index (χ3n) is 5.74. The van der Waals surface area contributed by atoms with Crippen molar-refractivity contribution in [2.75, 3.05) is 0 Å². The van der Waals surface area contributed by atoms with Crippen molar-refractivity contribution < 1.29 is 4.52 Å². The van der Waals surface area contributed by atoms with Gasteiger partial charge in [-0.15, -0.1) is 0 Å². The summed E-state index contributed by atoms with van der Waals surface area (Å²) in [5.41, 5.74) is 4.55. The highest BCUT2D eigenvalue weighted by atomic mass is 16.5. The maximum atomic E-state index is 11.2.